The van der Waals surface area contributed by atoms with Gasteiger partial charge >= 0.3 is 17.9 Å². The number of unbranched alkanes of at least 4 members (excludes halogenated alkanes) is 42. The van der Waals surface area contributed by atoms with Crippen molar-refractivity contribution in [1.29, 1.82) is 0 Å². The molecule has 0 fully saturated rings. The summed E-state index contributed by atoms with van der Waals surface area (Å²) < 4.78 is 16.9. The molecule has 0 N–H and O–H groups in total. The van der Waals surface area contributed by atoms with Crippen LogP contribution in [0, 0.1) is 0 Å². The molecular formula is C66H122O6. The number of rotatable bonds is 59. The highest BCUT2D eigenvalue weighted by molar-refractivity contribution is 5.71. The van der Waals surface area contributed by atoms with E-state index in [1.165, 1.54) is 231 Å². The lowest BCUT2D eigenvalue weighted by Crippen LogP contribution is -2.30. The Balaban J connectivity index is 4.18. The summed E-state index contributed by atoms with van der Waals surface area (Å²) in [4.78, 5) is 38.2. The van der Waals surface area contributed by atoms with E-state index in [0.717, 1.165) is 77.0 Å². The number of carbonyl (C=O) groups is 3. The van der Waals surface area contributed by atoms with Crippen molar-refractivity contribution in [2.45, 2.75) is 354 Å². The molecule has 0 saturated carbocycles. The average molecular weight is 1010 g/mol. The van der Waals surface area contributed by atoms with Gasteiger partial charge in [0.2, 0.25) is 0 Å². The summed E-state index contributed by atoms with van der Waals surface area (Å²) in [5.41, 5.74) is 0. The van der Waals surface area contributed by atoms with Crippen LogP contribution in [0.5, 0.6) is 0 Å². The molecule has 0 spiro atoms. The Morgan fingerprint density at radius 2 is 0.528 bits per heavy atom. The van der Waals surface area contributed by atoms with Gasteiger partial charge in [0, 0.05) is 19.3 Å². The number of hydrogen-bond acceptors (Lipinski definition) is 6. The van der Waals surface area contributed by atoms with Crippen molar-refractivity contribution >= 4 is 17.9 Å². The number of allylic oxidation sites excluding steroid dienone is 6. The highest BCUT2D eigenvalue weighted by Gasteiger charge is 2.19. The van der Waals surface area contributed by atoms with E-state index in [1.807, 2.05) is 0 Å². The lowest BCUT2D eigenvalue weighted by Gasteiger charge is -2.18. The van der Waals surface area contributed by atoms with E-state index in [9.17, 15) is 14.4 Å². The van der Waals surface area contributed by atoms with Gasteiger partial charge in [0.15, 0.2) is 6.10 Å². The minimum absolute atomic E-state index is 0.0709. The largest absolute Gasteiger partial charge is 0.462 e. The van der Waals surface area contributed by atoms with Crippen molar-refractivity contribution in [1.82, 2.24) is 0 Å². The maximum absolute atomic E-state index is 12.9. The molecular weight excluding hydrogens is 889 g/mol. The van der Waals surface area contributed by atoms with Crippen LogP contribution in [0.25, 0.3) is 0 Å². The normalized spacial score (nSPS) is 12.2. The van der Waals surface area contributed by atoms with Crippen molar-refractivity contribution in [3.63, 3.8) is 0 Å². The number of esters is 3. The van der Waals surface area contributed by atoms with Crippen molar-refractivity contribution in [3.05, 3.63) is 36.5 Å². The van der Waals surface area contributed by atoms with Gasteiger partial charge in [0.1, 0.15) is 13.2 Å². The molecule has 6 heteroatoms. The highest BCUT2D eigenvalue weighted by Crippen LogP contribution is 2.18. The van der Waals surface area contributed by atoms with Crippen LogP contribution < -0.4 is 0 Å². The third kappa shape index (κ3) is 58.5. The third-order valence-electron chi connectivity index (χ3n) is 14.3. The summed E-state index contributed by atoms with van der Waals surface area (Å²) in [5.74, 6) is -0.861. The minimum atomic E-state index is -0.772. The molecule has 6 nitrogen and oxygen atoms in total. The molecule has 0 aromatic heterocycles. The fraction of sp³-hybridized carbons (Fsp3) is 0.864. The third-order valence-corrected chi connectivity index (χ3v) is 14.3. The van der Waals surface area contributed by atoms with E-state index in [-0.39, 0.29) is 31.1 Å². The summed E-state index contributed by atoms with van der Waals surface area (Å²) >= 11 is 0. The summed E-state index contributed by atoms with van der Waals surface area (Å²) in [6.07, 6.45) is 74.5. The summed E-state index contributed by atoms with van der Waals surface area (Å²) in [6.45, 7) is 6.62. The van der Waals surface area contributed by atoms with Gasteiger partial charge in [-0.25, -0.2) is 0 Å². The minimum Gasteiger partial charge on any atom is -0.462 e. The molecule has 1 atom stereocenters. The van der Waals surface area contributed by atoms with Crippen molar-refractivity contribution in [2.75, 3.05) is 13.2 Å². The fourth-order valence-corrected chi connectivity index (χ4v) is 9.54. The molecule has 0 aliphatic heterocycles. The van der Waals surface area contributed by atoms with E-state index < -0.39 is 6.10 Å². The molecule has 0 aromatic carbocycles. The molecule has 0 saturated heterocycles. The highest BCUT2D eigenvalue weighted by atomic mass is 16.6. The molecule has 0 heterocycles. The van der Waals surface area contributed by atoms with Gasteiger partial charge in [-0.1, -0.05) is 295 Å². The average Bonchev–Trinajstić information content (AvgIpc) is 3.38. The second kappa shape index (κ2) is 61.2. The lowest BCUT2D eigenvalue weighted by atomic mass is 10.0. The van der Waals surface area contributed by atoms with Crippen LogP contribution in [-0.4, -0.2) is 37.2 Å². The maximum atomic E-state index is 12.9. The fourth-order valence-electron chi connectivity index (χ4n) is 9.54. The van der Waals surface area contributed by atoms with Crippen LogP contribution in [0.2, 0.25) is 0 Å². The summed E-state index contributed by atoms with van der Waals surface area (Å²) in [6, 6.07) is 0. The van der Waals surface area contributed by atoms with Crippen LogP contribution in [0.15, 0.2) is 36.5 Å². The first kappa shape index (κ1) is 69.6. The first-order chi connectivity index (χ1) is 35.5. The quantitative estimate of drug-likeness (QED) is 0.0261. The molecule has 1 unspecified atom stereocenters. The Hall–Kier alpha value is -2.37. The Kier molecular flexibility index (Phi) is 59.2. The summed E-state index contributed by atoms with van der Waals surface area (Å²) in [5, 5.41) is 0. The Morgan fingerprint density at radius 3 is 0.833 bits per heavy atom. The van der Waals surface area contributed by atoms with Crippen LogP contribution >= 0.6 is 0 Å². The lowest BCUT2D eigenvalue weighted by molar-refractivity contribution is -0.167. The van der Waals surface area contributed by atoms with Crippen LogP contribution in [-0.2, 0) is 28.6 Å². The predicted molar refractivity (Wildman–Crippen MR) is 312 cm³/mol. The van der Waals surface area contributed by atoms with Crippen molar-refractivity contribution in [2.24, 2.45) is 0 Å². The monoisotopic (exact) mass is 1010 g/mol. The topological polar surface area (TPSA) is 78.9 Å². The standard InChI is InChI=1S/C66H122O6/c1-4-7-10-13-16-19-22-24-26-28-30-31-32-33-34-35-37-38-40-42-44-47-50-53-56-59-65(68)71-62-63(61-70-64(67)58-55-52-49-46-21-18-15-12-9-6-3)72-66(69)60-57-54-51-48-45-43-41-39-36-29-27-25-23-20-17-14-11-8-5-2/h12,15,22,24,28,30,63H,4-11,13-14,16-21,23,25-27,29,31-62H2,1-3H3/b15-12-,24-22-,30-28-. The van der Waals surface area contributed by atoms with Gasteiger partial charge < -0.3 is 14.2 Å². The predicted octanol–water partition coefficient (Wildman–Crippen LogP) is 21.6. The van der Waals surface area contributed by atoms with Gasteiger partial charge in [-0.15, -0.1) is 0 Å². The number of carbonyl (C=O) groups excluding carboxylic acids is 3. The number of ether oxygens (including phenoxy) is 3. The summed E-state index contributed by atoms with van der Waals surface area (Å²) in [7, 11) is 0. The molecule has 0 bridgehead atoms. The van der Waals surface area contributed by atoms with E-state index in [1.54, 1.807) is 0 Å². The van der Waals surface area contributed by atoms with Crippen LogP contribution in [0.1, 0.15) is 348 Å². The Bertz CT molecular complexity index is 1210. The Morgan fingerprint density at radius 1 is 0.278 bits per heavy atom. The molecule has 0 aromatic rings. The SMILES string of the molecule is CCC/C=C\CCCCCCCC(=O)OCC(COC(=O)CCCCCCCCCCCCCCC/C=C\C/C=C\CCCCCCC)OC(=O)CCCCCCCCCCCCCCCCCCCCC. The second-order valence-corrected chi connectivity index (χ2v) is 21.7. The molecule has 0 aliphatic carbocycles. The zero-order valence-electron chi connectivity index (χ0n) is 48.5. The zero-order valence-corrected chi connectivity index (χ0v) is 48.5. The van der Waals surface area contributed by atoms with E-state index in [2.05, 4.69) is 57.2 Å². The molecule has 422 valence electrons. The van der Waals surface area contributed by atoms with Gasteiger partial charge in [0.05, 0.1) is 0 Å². The van der Waals surface area contributed by atoms with E-state index in [0.29, 0.717) is 19.3 Å². The Labute approximate surface area is 448 Å². The van der Waals surface area contributed by atoms with Gasteiger partial charge in [-0.3, -0.25) is 14.4 Å². The smallest absolute Gasteiger partial charge is 0.306 e. The number of hydrogen-bond donors (Lipinski definition) is 0. The first-order valence-corrected chi connectivity index (χ1v) is 32.0. The second-order valence-electron chi connectivity index (χ2n) is 21.7. The maximum Gasteiger partial charge on any atom is 0.306 e. The molecule has 0 radical (unpaired) electrons. The van der Waals surface area contributed by atoms with Gasteiger partial charge in [-0.05, 0) is 70.6 Å². The van der Waals surface area contributed by atoms with Crippen LogP contribution in [0.4, 0.5) is 0 Å². The zero-order chi connectivity index (χ0) is 52.2. The van der Waals surface area contributed by atoms with Crippen molar-refractivity contribution < 1.29 is 28.6 Å². The first-order valence-electron chi connectivity index (χ1n) is 32.0. The van der Waals surface area contributed by atoms with Gasteiger partial charge in [0.25, 0.3) is 0 Å². The molecule has 0 amide bonds. The van der Waals surface area contributed by atoms with Crippen molar-refractivity contribution in [3.8, 4) is 0 Å². The van der Waals surface area contributed by atoms with Gasteiger partial charge in [-0.2, -0.15) is 0 Å². The van der Waals surface area contributed by atoms with E-state index >= 15 is 0 Å². The van der Waals surface area contributed by atoms with Crippen LogP contribution in [0.3, 0.4) is 0 Å². The molecule has 72 heavy (non-hydrogen) atoms. The molecule has 0 aliphatic rings. The molecule has 0 rings (SSSR count). The van der Waals surface area contributed by atoms with E-state index in [4.69, 9.17) is 14.2 Å².